The summed E-state index contributed by atoms with van der Waals surface area (Å²) < 4.78 is 43.6. The van der Waals surface area contributed by atoms with E-state index >= 15 is 0 Å². The molecule has 0 aliphatic heterocycles. The predicted octanol–water partition coefficient (Wildman–Crippen LogP) is 3.08. The van der Waals surface area contributed by atoms with Gasteiger partial charge in [0.15, 0.2) is 0 Å². The number of hydrogen-bond acceptors (Lipinski definition) is 3. The van der Waals surface area contributed by atoms with Gasteiger partial charge in [-0.15, -0.1) is 0 Å². The molecule has 0 aromatic heterocycles. The molecule has 122 valence electrons. The maximum Gasteiger partial charge on any atom is 0.471 e. The Morgan fingerprint density at radius 1 is 1.41 bits per heavy atom. The lowest BCUT2D eigenvalue weighted by atomic mass is 10.1. The van der Waals surface area contributed by atoms with Gasteiger partial charge in [-0.1, -0.05) is 15.9 Å². The van der Waals surface area contributed by atoms with Gasteiger partial charge >= 0.3 is 18.1 Å². The van der Waals surface area contributed by atoms with Crippen molar-refractivity contribution in [3.8, 4) is 0 Å². The van der Waals surface area contributed by atoms with E-state index in [9.17, 15) is 22.8 Å². The second-order valence-electron chi connectivity index (χ2n) is 4.44. The third-order valence-corrected chi connectivity index (χ3v) is 3.25. The molecule has 1 rings (SSSR count). The number of aromatic carboxylic acids is 1. The van der Waals surface area contributed by atoms with E-state index in [0.29, 0.717) is 9.37 Å². The Bertz CT molecular complexity index is 577. The summed E-state index contributed by atoms with van der Waals surface area (Å²) in [6, 6.07) is 2.63. The molecule has 0 aliphatic rings. The van der Waals surface area contributed by atoms with Crippen LogP contribution in [0.3, 0.4) is 0 Å². The standard InChI is InChI=1S/C13H13BrF3NO4/c1-7(6-22-2)18(12(21)13(15,16)17)10-5-8(14)3-4-9(10)11(19)20/h3-5,7H,6H2,1-2H3,(H,19,20). The number of ether oxygens (including phenoxy) is 1. The van der Waals surface area contributed by atoms with Gasteiger partial charge in [-0.2, -0.15) is 13.2 Å². The molecule has 1 aromatic carbocycles. The number of rotatable bonds is 5. The normalized spacial score (nSPS) is 12.8. The fourth-order valence-corrected chi connectivity index (χ4v) is 2.23. The first-order chi connectivity index (χ1) is 10.1. The molecule has 1 N–H and O–H groups in total. The number of amides is 1. The Hall–Kier alpha value is -1.61. The Kier molecular flexibility index (Phi) is 5.95. The minimum absolute atomic E-state index is 0.187. The van der Waals surface area contributed by atoms with Gasteiger partial charge in [0.1, 0.15) is 0 Å². The quantitative estimate of drug-likeness (QED) is 0.848. The molecular weight excluding hydrogens is 371 g/mol. The second-order valence-corrected chi connectivity index (χ2v) is 5.36. The monoisotopic (exact) mass is 383 g/mol. The van der Waals surface area contributed by atoms with Gasteiger partial charge in [0.05, 0.1) is 23.9 Å². The molecule has 22 heavy (non-hydrogen) atoms. The number of carbonyl (C=O) groups excluding carboxylic acids is 1. The number of alkyl halides is 3. The Morgan fingerprint density at radius 3 is 2.45 bits per heavy atom. The van der Waals surface area contributed by atoms with Crippen molar-refractivity contribution in [2.45, 2.75) is 19.1 Å². The summed E-state index contributed by atoms with van der Waals surface area (Å²) in [4.78, 5) is 23.3. The van der Waals surface area contributed by atoms with Crippen LogP contribution in [0.25, 0.3) is 0 Å². The van der Waals surface area contributed by atoms with Crippen molar-refractivity contribution in [3.63, 3.8) is 0 Å². The van der Waals surface area contributed by atoms with E-state index in [4.69, 9.17) is 9.84 Å². The minimum Gasteiger partial charge on any atom is -0.478 e. The van der Waals surface area contributed by atoms with Crippen LogP contribution >= 0.6 is 15.9 Å². The zero-order chi connectivity index (χ0) is 17.1. The van der Waals surface area contributed by atoms with Gasteiger partial charge < -0.3 is 9.84 Å². The molecule has 0 saturated carbocycles. The van der Waals surface area contributed by atoms with Crippen molar-refractivity contribution in [1.29, 1.82) is 0 Å². The van der Waals surface area contributed by atoms with Gasteiger partial charge in [-0.05, 0) is 25.1 Å². The summed E-state index contributed by atoms with van der Waals surface area (Å²) in [5, 5.41) is 9.14. The average Bonchev–Trinajstić information content (AvgIpc) is 2.37. The Labute approximate surface area is 132 Å². The number of nitrogens with zero attached hydrogens (tertiary/aromatic N) is 1. The molecule has 5 nitrogen and oxygen atoms in total. The molecule has 0 bridgehead atoms. The van der Waals surface area contributed by atoms with Crippen LogP contribution in [0.4, 0.5) is 18.9 Å². The number of halogens is 4. The molecular formula is C13H13BrF3NO4. The molecule has 0 radical (unpaired) electrons. The number of hydrogen-bond donors (Lipinski definition) is 1. The van der Waals surface area contributed by atoms with E-state index in [1.807, 2.05) is 0 Å². The van der Waals surface area contributed by atoms with Crippen molar-refractivity contribution in [1.82, 2.24) is 0 Å². The van der Waals surface area contributed by atoms with Gasteiger partial charge in [0.2, 0.25) is 0 Å². The van der Waals surface area contributed by atoms with E-state index in [1.165, 1.54) is 20.1 Å². The third-order valence-electron chi connectivity index (χ3n) is 2.76. The first kappa shape index (κ1) is 18.4. The minimum atomic E-state index is -5.14. The van der Waals surface area contributed by atoms with Crippen LogP contribution in [0.1, 0.15) is 17.3 Å². The van der Waals surface area contributed by atoms with Crippen LogP contribution in [-0.4, -0.2) is 42.9 Å². The van der Waals surface area contributed by atoms with Crippen LogP contribution in [0.2, 0.25) is 0 Å². The number of carbonyl (C=O) groups is 2. The highest BCUT2D eigenvalue weighted by atomic mass is 79.9. The highest BCUT2D eigenvalue weighted by Gasteiger charge is 2.45. The largest absolute Gasteiger partial charge is 0.478 e. The first-order valence-electron chi connectivity index (χ1n) is 6.01. The predicted molar refractivity (Wildman–Crippen MR) is 76.0 cm³/mol. The first-order valence-corrected chi connectivity index (χ1v) is 6.81. The highest BCUT2D eigenvalue weighted by Crippen LogP contribution is 2.31. The lowest BCUT2D eigenvalue weighted by molar-refractivity contribution is -0.171. The average molecular weight is 384 g/mol. The van der Waals surface area contributed by atoms with E-state index in [-0.39, 0.29) is 12.3 Å². The van der Waals surface area contributed by atoms with E-state index in [1.54, 1.807) is 0 Å². The van der Waals surface area contributed by atoms with Crippen LogP contribution in [0.15, 0.2) is 22.7 Å². The summed E-state index contributed by atoms with van der Waals surface area (Å²) in [6.07, 6.45) is -5.14. The summed E-state index contributed by atoms with van der Waals surface area (Å²) in [5.41, 5.74) is -0.766. The van der Waals surface area contributed by atoms with Crippen LogP contribution in [0.5, 0.6) is 0 Å². The second kappa shape index (κ2) is 7.10. The van der Waals surface area contributed by atoms with Crippen molar-refractivity contribution in [2.24, 2.45) is 0 Å². The third kappa shape index (κ3) is 4.20. The fourth-order valence-electron chi connectivity index (χ4n) is 1.88. The molecule has 1 amide bonds. The van der Waals surface area contributed by atoms with Crippen LogP contribution < -0.4 is 4.90 Å². The molecule has 1 aromatic rings. The zero-order valence-corrected chi connectivity index (χ0v) is 13.2. The zero-order valence-electron chi connectivity index (χ0n) is 11.6. The van der Waals surface area contributed by atoms with Gasteiger partial charge in [0, 0.05) is 11.6 Å². The van der Waals surface area contributed by atoms with E-state index in [0.717, 1.165) is 12.1 Å². The molecule has 0 aliphatic carbocycles. The maximum absolute atomic E-state index is 12.8. The lowest BCUT2D eigenvalue weighted by Gasteiger charge is -2.30. The number of methoxy groups -OCH3 is 1. The number of anilines is 1. The molecule has 0 saturated heterocycles. The maximum atomic E-state index is 12.8. The summed E-state index contributed by atoms with van der Waals surface area (Å²) >= 11 is 3.06. The van der Waals surface area contributed by atoms with Crippen molar-refractivity contribution < 1.29 is 32.6 Å². The Morgan fingerprint density at radius 2 is 2.00 bits per heavy atom. The number of benzene rings is 1. The molecule has 0 fully saturated rings. The summed E-state index contributed by atoms with van der Waals surface area (Å²) in [7, 11) is 1.27. The SMILES string of the molecule is COCC(C)N(C(=O)C(F)(F)F)c1cc(Br)ccc1C(=O)O. The summed E-state index contributed by atoms with van der Waals surface area (Å²) in [6.45, 7) is 1.15. The molecule has 0 heterocycles. The van der Waals surface area contributed by atoms with Gasteiger partial charge in [-0.25, -0.2) is 4.79 Å². The Balaban J connectivity index is 3.48. The van der Waals surface area contributed by atoms with Gasteiger partial charge in [0.25, 0.3) is 0 Å². The molecule has 1 atom stereocenters. The molecule has 0 spiro atoms. The van der Waals surface area contributed by atoms with E-state index < -0.39 is 29.7 Å². The summed E-state index contributed by atoms with van der Waals surface area (Å²) in [5.74, 6) is -3.59. The molecule has 9 heteroatoms. The fraction of sp³-hybridized carbons (Fsp3) is 0.385. The van der Waals surface area contributed by atoms with Crippen LogP contribution in [0, 0.1) is 0 Å². The van der Waals surface area contributed by atoms with Gasteiger partial charge in [-0.3, -0.25) is 9.69 Å². The van der Waals surface area contributed by atoms with Crippen molar-refractivity contribution in [2.75, 3.05) is 18.6 Å². The van der Waals surface area contributed by atoms with E-state index in [2.05, 4.69) is 15.9 Å². The topological polar surface area (TPSA) is 66.8 Å². The van der Waals surface area contributed by atoms with Crippen LogP contribution in [-0.2, 0) is 9.53 Å². The smallest absolute Gasteiger partial charge is 0.471 e. The van der Waals surface area contributed by atoms with Crippen molar-refractivity contribution >= 4 is 33.5 Å². The lowest BCUT2D eigenvalue weighted by Crippen LogP contribution is -2.48. The molecule has 1 unspecified atom stereocenters. The number of carboxylic acid groups (broad SMARTS) is 1. The van der Waals surface area contributed by atoms with Crippen molar-refractivity contribution in [3.05, 3.63) is 28.2 Å². The number of carboxylic acids is 1. The highest BCUT2D eigenvalue weighted by molar-refractivity contribution is 9.10.